The van der Waals surface area contributed by atoms with E-state index < -0.39 is 0 Å². The highest BCUT2D eigenvalue weighted by Crippen LogP contribution is 2.34. The van der Waals surface area contributed by atoms with Crippen molar-refractivity contribution >= 4 is 52.1 Å². The van der Waals surface area contributed by atoms with Gasteiger partial charge in [0.1, 0.15) is 0 Å². The van der Waals surface area contributed by atoms with E-state index in [2.05, 4.69) is 18.7 Å². The van der Waals surface area contributed by atoms with Crippen LogP contribution < -0.4 is 0 Å². The molecule has 1 heterocycles. The van der Waals surface area contributed by atoms with Crippen molar-refractivity contribution in [3.8, 4) is 0 Å². The molecule has 1 aromatic carbocycles. The Kier molecular flexibility index (Phi) is 2.85. The van der Waals surface area contributed by atoms with Crippen molar-refractivity contribution in [2.45, 2.75) is 9.79 Å². The van der Waals surface area contributed by atoms with Crippen LogP contribution in [0.3, 0.4) is 0 Å². The third-order valence-corrected chi connectivity index (χ3v) is 4.44. The molecule has 0 atom stereocenters. The third kappa shape index (κ3) is 1.58. The van der Waals surface area contributed by atoms with Crippen LogP contribution in [0.4, 0.5) is 0 Å². The summed E-state index contributed by atoms with van der Waals surface area (Å²) in [5.74, 6) is 0. The summed E-state index contributed by atoms with van der Waals surface area (Å²) in [6.07, 6.45) is 2.91. The van der Waals surface area contributed by atoms with Crippen molar-refractivity contribution in [3.05, 3.63) is 23.1 Å². The van der Waals surface area contributed by atoms with Gasteiger partial charge in [-0.15, -0.1) is 35.7 Å². The van der Waals surface area contributed by atoms with E-state index in [1.807, 2.05) is 18.4 Å². The molecule has 0 spiro atoms. The number of thioether (sulfide) groups is 1. The first-order valence-electron chi connectivity index (χ1n) is 4.01. The summed E-state index contributed by atoms with van der Waals surface area (Å²) in [5.41, 5.74) is 0. The van der Waals surface area contributed by atoms with Gasteiger partial charge in [-0.25, -0.2) is 0 Å². The number of hydrogen-bond donors (Lipinski definition) is 1. The number of fused-ring (bicyclic) bond motifs is 1. The number of thiol groups is 1. The molecule has 0 saturated heterocycles. The molecule has 2 rings (SSSR count). The number of hydrogen-bond acceptors (Lipinski definition) is 4. The molecule has 0 aliphatic rings. The Balaban J connectivity index is 2.72. The summed E-state index contributed by atoms with van der Waals surface area (Å²) >= 11 is 7.53. The molecule has 14 heavy (non-hydrogen) atoms. The van der Waals surface area contributed by atoms with Gasteiger partial charge in [0.15, 0.2) is 6.29 Å². The lowest BCUT2D eigenvalue weighted by atomic mass is 10.2. The molecule has 4 heteroatoms. The summed E-state index contributed by atoms with van der Waals surface area (Å²) in [4.78, 5) is 13.4. The van der Waals surface area contributed by atoms with E-state index in [4.69, 9.17) is 0 Å². The van der Waals surface area contributed by atoms with E-state index in [0.717, 1.165) is 21.3 Å². The summed E-state index contributed by atoms with van der Waals surface area (Å²) < 4.78 is 1.13. The molecule has 0 radical (unpaired) electrons. The molecule has 72 valence electrons. The van der Waals surface area contributed by atoms with Gasteiger partial charge in [-0.2, -0.15) is 0 Å². The molecule has 1 nitrogen and oxygen atoms in total. The predicted molar refractivity (Wildman–Crippen MR) is 66.2 cm³/mol. The van der Waals surface area contributed by atoms with E-state index in [1.165, 1.54) is 16.2 Å². The maximum absolute atomic E-state index is 10.7. The van der Waals surface area contributed by atoms with Gasteiger partial charge < -0.3 is 0 Å². The van der Waals surface area contributed by atoms with Crippen molar-refractivity contribution in [1.82, 2.24) is 0 Å². The van der Waals surface area contributed by atoms with Crippen LogP contribution in [0.25, 0.3) is 10.1 Å². The zero-order valence-corrected chi connectivity index (χ0v) is 10.0. The van der Waals surface area contributed by atoms with E-state index in [1.54, 1.807) is 11.8 Å². The monoisotopic (exact) mass is 240 g/mol. The van der Waals surface area contributed by atoms with Crippen LogP contribution in [0.1, 0.15) is 9.67 Å². The summed E-state index contributed by atoms with van der Waals surface area (Å²) in [6.45, 7) is 0. The molecule has 0 unspecified atom stereocenters. The average molecular weight is 240 g/mol. The smallest absolute Gasteiger partial charge is 0.161 e. The molecule has 0 aliphatic heterocycles. The van der Waals surface area contributed by atoms with Crippen LogP contribution in [0.15, 0.2) is 28.0 Å². The minimum atomic E-state index is 0.710. The average Bonchev–Trinajstić information content (AvgIpc) is 2.55. The second kappa shape index (κ2) is 3.96. The highest BCUT2D eigenvalue weighted by atomic mass is 32.2. The third-order valence-electron chi connectivity index (χ3n) is 2.00. The minimum absolute atomic E-state index is 0.710. The molecule has 0 amide bonds. The molecule has 2 aromatic rings. The van der Waals surface area contributed by atoms with Gasteiger partial charge in [0.05, 0.1) is 4.88 Å². The standard InChI is InChI=1S/C10H8OS3/c1-13-6-2-3-7-8(4-6)14-9(5-11)10(7)12/h2-5,12H,1H3. The summed E-state index contributed by atoms with van der Waals surface area (Å²) in [6, 6.07) is 6.17. The largest absolute Gasteiger partial charge is 0.297 e. The van der Waals surface area contributed by atoms with Gasteiger partial charge >= 0.3 is 0 Å². The molecule has 0 saturated carbocycles. The highest BCUT2D eigenvalue weighted by molar-refractivity contribution is 7.98. The fourth-order valence-electron chi connectivity index (χ4n) is 1.29. The Morgan fingerprint density at radius 1 is 1.50 bits per heavy atom. The zero-order valence-electron chi connectivity index (χ0n) is 7.48. The minimum Gasteiger partial charge on any atom is -0.297 e. The maximum Gasteiger partial charge on any atom is 0.161 e. The molecular formula is C10H8OS3. The predicted octanol–water partition coefficient (Wildman–Crippen LogP) is 3.72. The first-order chi connectivity index (χ1) is 6.76. The van der Waals surface area contributed by atoms with Gasteiger partial charge in [-0.05, 0) is 18.4 Å². The van der Waals surface area contributed by atoms with Gasteiger partial charge in [0.25, 0.3) is 0 Å². The van der Waals surface area contributed by atoms with Crippen molar-refractivity contribution in [2.75, 3.05) is 6.26 Å². The molecule has 0 N–H and O–H groups in total. The number of rotatable bonds is 2. The highest BCUT2D eigenvalue weighted by Gasteiger charge is 2.08. The number of aldehydes is 1. The number of benzene rings is 1. The van der Waals surface area contributed by atoms with Gasteiger partial charge in [0, 0.05) is 19.9 Å². The van der Waals surface area contributed by atoms with Crippen molar-refractivity contribution < 1.29 is 4.79 Å². The zero-order chi connectivity index (χ0) is 10.1. The lowest BCUT2D eigenvalue weighted by molar-refractivity contribution is 0.112. The number of thiophene rings is 1. The topological polar surface area (TPSA) is 17.1 Å². The van der Waals surface area contributed by atoms with Gasteiger partial charge in [-0.1, -0.05) is 6.07 Å². The van der Waals surface area contributed by atoms with Crippen LogP contribution in [-0.4, -0.2) is 12.5 Å². The van der Waals surface area contributed by atoms with Crippen molar-refractivity contribution in [2.24, 2.45) is 0 Å². The Hall–Kier alpha value is -0.450. The quantitative estimate of drug-likeness (QED) is 0.489. The SMILES string of the molecule is CSc1ccc2c(S)c(C=O)sc2c1. The molecule has 0 bridgehead atoms. The van der Waals surface area contributed by atoms with Crippen LogP contribution in [-0.2, 0) is 0 Å². The Morgan fingerprint density at radius 2 is 2.29 bits per heavy atom. The van der Waals surface area contributed by atoms with Crippen molar-refractivity contribution in [1.29, 1.82) is 0 Å². The van der Waals surface area contributed by atoms with Crippen LogP contribution in [0, 0.1) is 0 Å². The summed E-state index contributed by atoms with van der Waals surface area (Å²) in [5, 5.41) is 1.07. The van der Waals surface area contributed by atoms with Gasteiger partial charge in [0.2, 0.25) is 0 Å². The van der Waals surface area contributed by atoms with Crippen molar-refractivity contribution in [3.63, 3.8) is 0 Å². The second-order valence-corrected chi connectivity index (χ2v) is 5.21. The Bertz CT molecular complexity index is 487. The van der Waals surface area contributed by atoms with Crippen LogP contribution in [0.2, 0.25) is 0 Å². The first-order valence-corrected chi connectivity index (χ1v) is 6.50. The van der Waals surface area contributed by atoms with E-state index in [9.17, 15) is 4.79 Å². The molecule has 0 aliphatic carbocycles. The van der Waals surface area contributed by atoms with E-state index >= 15 is 0 Å². The Labute approximate surface area is 95.9 Å². The Morgan fingerprint density at radius 3 is 2.93 bits per heavy atom. The van der Waals surface area contributed by atoms with Crippen LogP contribution >= 0.6 is 35.7 Å². The lowest BCUT2D eigenvalue weighted by Gasteiger charge is -1.95. The maximum atomic E-state index is 10.7. The summed E-state index contributed by atoms with van der Waals surface area (Å²) in [7, 11) is 0. The fourth-order valence-corrected chi connectivity index (χ4v) is 3.22. The van der Waals surface area contributed by atoms with E-state index in [0.29, 0.717) is 4.88 Å². The molecule has 0 fully saturated rings. The molecular weight excluding hydrogens is 232 g/mol. The molecule has 1 aromatic heterocycles. The number of carbonyl (C=O) groups excluding carboxylic acids is 1. The lowest BCUT2D eigenvalue weighted by Crippen LogP contribution is -1.71. The fraction of sp³-hybridized carbons (Fsp3) is 0.100. The van der Waals surface area contributed by atoms with Crippen LogP contribution in [0.5, 0.6) is 0 Å². The first kappa shape index (κ1) is 10.1. The number of carbonyl (C=O) groups is 1. The van der Waals surface area contributed by atoms with Gasteiger partial charge in [-0.3, -0.25) is 4.79 Å². The normalized spacial score (nSPS) is 10.7. The second-order valence-electron chi connectivity index (χ2n) is 2.79. The van der Waals surface area contributed by atoms with E-state index in [-0.39, 0.29) is 0 Å².